The molecule has 6 nitrogen and oxygen atoms in total. The zero-order valence-electron chi connectivity index (χ0n) is 17.7. The number of rotatable bonds is 11. The zero-order chi connectivity index (χ0) is 19.5. The Morgan fingerprint density at radius 1 is 1.26 bits per heavy atom. The standard InChI is InChI=1S/C21H39N5O/c1-5-22-21(23-12-6-7-13-25(4)18(2)3)24-17-19(20-11-10-16-27-20)26-14-8-9-15-26/h10-11,16,18-19H,5-9,12-15,17H2,1-4H3,(H2,22,23,24). The molecule has 2 heterocycles. The predicted molar refractivity (Wildman–Crippen MR) is 113 cm³/mol. The molecule has 0 saturated carbocycles. The van der Waals surface area contributed by atoms with Crippen LogP contribution in [0.15, 0.2) is 27.8 Å². The normalized spacial score (nSPS) is 17.0. The molecule has 154 valence electrons. The minimum absolute atomic E-state index is 0.234. The Morgan fingerprint density at radius 2 is 2.04 bits per heavy atom. The Hall–Kier alpha value is -1.53. The van der Waals surface area contributed by atoms with Crippen LogP contribution < -0.4 is 10.6 Å². The van der Waals surface area contributed by atoms with Gasteiger partial charge in [0.05, 0.1) is 18.8 Å². The Balaban J connectivity index is 1.83. The van der Waals surface area contributed by atoms with Crippen LogP contribution in [0.25, 0.3) is 0 Å². The van der Waals surface area contributed by atoms with Crippen molar-refractivity contribution in [2.24, 2.45) is 4.99 Å². The van der Waals surface area contributed by atoms with Gasteiger partial charge in [-0.1, -0.05) is 0 Å². The number of hydrogen-bond donors (Lipinski definition) is 2. The van der Waals surface area contributed by atoms with Crippen LogP contribution in [0.2, 0.25) is 0 Å². The number of unbranched alkanes of at least 4 members (excludes halogenated alkanes) is 1. The summed E-state index contributed by atoms with van der Waals surface area (Å²) >= 11 is 0. The van der Waals surface area contributed by atoms with E-state index in [0.29, 0.717) is 6.04 Å². The van der Waals surface area contributed by atoms with Crippen molar-refractivity contribution >= 4 is 5.96 Å². The molecule has 1 aliphatic heterocycles. The van der Waals surface area contributed by atoms with E-state index in [2.05, 4.69) is 54.3 Å². The number of guanidine groups is 1. The second-order valence-corrected chi connectivity index (χ2v) is 7.70. The fourth-order valence-corrected chi connectivity index (χ4v) is 3.39. The van der Waals surface area contributed by atoms with Crippen LogP contribution >= 0.6 is 0 Å². The number of nitrogens with one attached hydrogen (secondary N) is 2. The lowest BCUT2D eigenvalue weighted by Crippen LogP contribution is -2.39. The molecule has 0 aliphatic carbocycles. The van der Waals surface area contributed by atoms with E-state index >= 15 is 0 Å². The summed E-state index contributed by atoms with van der Waals surface area (Å²) in [5.74, 6) is 1.93. The van der Waals surface area contributed by atoms with Crippen LogP contribution in [0.5, 0.6) is 0 Å². The molecular formula is C21H39N5O. The van der Waals surface area contributed by atoms with Gasteiger partial charge >= 0.3 is 0 Å². The first-order chi connectivity index (χ1) is 13.1. The summed E-state index contributed by atoms with van der Waals surface area (Å²) in [6.45, 7) is 12.5. The van der Waals surface area contributed by atoms with Crippen LogP contribution in [0.3, 0.4) is 0 Å². The van der Waals surface area contributed by atoms with E-state index in [1.165, 1.54) is 19.3 Å². The molecule has 0 bridgehead atoms. The molecule has 1 fully saturated rings. The van der Waals surface area contributed by atoms with Gasteiger partial charge in [0, 0.05) is 19.1 Å². The highest BCUT2D eigenvalue weighted by atomic mass is 16.3. The van der Waals surface area contributed by atoms with E-state index in [9.17, 15) is 0 Å². The third-order valence-electron chi connectivity index (χ3n) is 5.33. The minimum atomic E-state index is 0.234. The van der Waals surface area contributed by atoms with Crippen molar-refractivity contribution < 1.29 is 4.42 Å². The van der Waals surface area contributed by atoms with Crippen molar-refractivity contribution in [1.29, 1.82) is 0 Å². The second-order valence-electron chi connectivity index (χ2n) is 7.70. The summed E-state index contributed by atoms with van der Waals surface area (Å²) in [6.07, 6.45) is 6.65. The Bertz CT molecular complexity index is 523. The van der Waals surface area contributed by atoms with Gasteiger partial charge in [0.2, 0.25) is 0 Å². The van der Waals surface area contributed by atoms with Crippen molar-refractivity contribution in [2.75, 3.05) is 46.3 Å². The van der Waals surface area contributed by atoms with Gasteiger partial charge in [-0.05, 0) is 85.3 Å². The molecule has 1 atom stereocenters. The lowest BCUT2D eigenvalue weighted by Gasteiger charge is -2.24. The molecule has 0 radical (unpaired) electrons. The maximum Gasteiger partial charge on any atom is 0.191 e. The van der Waals surface area contributed by atoms with Crippen LogP contribution in [0, 0.1) is 0 Å². The summed E-state index contributed by atoms with van der Waals surface area (Å²) in [4.78, 5) is 9.74. The summed E-state index contributed by atoms with van der Waals surface area (Å²) in [6, 6.07) is 4.89. The molecule has 1 unspecified atom stereocenters. The van der Waals surface area contributed by atoms with Crippen molar-refractivity contribution in [3.63, 3.8) is 0 Å². The molecule has 0 amide bonds. The molecule has 6 heteroatoms. The Morgan fingerprint density at radius 3 is 2.67 bits per heavy atom. The third-order valence-corrected chi connectivity index (χ3v) is 5.33. The highest BCUT2D eigenvalue weighted by molar-refractivity contribution is 5.79. The highest BCUT2D eigenvalue weighted by Gasteiger charge is 2.25. The van der Waals surface area contributed by atoms with Crippen LogP contribution in [0.4, 0.5) is 0 Å². The molecule has 27 heavy (non-hydrogen) atoms. The van der Waals surface area contributed by atoms with Crippen LogP contribution in [0.1, 0.15) is 58.3 Å². The van der Waals surface area contributed by atoms with E-state index in [-0.39, 0.29) is 6.04 Å². The second kappa shape index (κ2) is 12.0. The van der Waals surface area contributed by atoms with Gasteiger partial charge in [-0.25, -0.2) is 0 Å². The number of aliphatic imine (C=N–C) groups is 1. The monoisotopic (exact) mass is 377 g/mol. The predicted octanol–water partition coefficient (Wildman–Crippen LogP) is 3.09. The Kier molecular flexibility index (Phi) is 9.70. The van der Waals surface area contributed by atoms with Crippen LogP contribution in [-0.2, 0) is 0 Å². The first-order valence-corrected chi connectivity index (χ1v) is 10.6. The smallest absolute Gasteiger partial charge is 0.191 e. The van der Waals surface area contributed by atoms with Gasteiger partial charge in [-0.2, -0.15) is 0 Å². The van der Waals surface area contributed by atoms with Gasteiger partial charge in [0.25, 0.3) is 0 Å². The zero-order valence-corrected chi connectivity index (χ0v) is 17.7. The molecule has 0 aromatic carbocycles. The van der Waals surface area contributed by atoms with Crippen molar-refractivity contribution in [2.45, 2.75) is 58.5 Å². The lowest BCUT2D eigenvalue weighted by molar-refractivity contribution is 0.221. The first kappa shape index (κ1) is 21.8. The average molecular weight is 378 g/mol. The minimum Gasteiger partial charge on any atom is -0.468 e. The highest BCUT2D eigenvalue weighted by Crippen LogP contribution is 2.25. The lowest BCUT2D eigenvalue weighted by atomic mass is 10.2. The van der Waals surface area contributed by atoms with E-state index in [1.54, 1.807) is 6.26 Å². The molecule has 1 aromatic heterocycles. The van der Waals surface area contributed by atoms with Gasteiger partial charge in [0.1, 0.15) is 5.76 Å². The van der Waals surface area contributed by atoms with Crippen molar-refractivity contribution in [1.82, 2.24) is 20.4 Å². The van der Waals surface area contributed by atoms with E-state index in [4.69, 9.17) is 9.41 Å². The fraction of sp³-hybridized carbons (Fsp3) is 0.762. The third kappa shape index (κ3) is 7.54. The van der Waals surface area contributed by atoms with Gasteiger partial charge in [0.15, 0.2) is 5.96 Å². The number of likely N-dealkylation sites (tertiary alicyclic amines) is 1. The number of furan rings is 1. The largest absolute Gasteiger partial charge is 0.468 e. The van der Waals surface area contributed by atoms with Crippen molar-refractivity contribution in [3.8, 4) is 0 Å². The number of nitrogens with zero attached hydrogens (tertiary/aromatic N) is 3. The quantitative estimate of drug-likeness (QED) is 0.353. The summed E-state index contributed by atoms with van der Waals surface area (Å²) < 4.78 is 5.70. The van der Waals surface area contributed by atoms with Gasteiger partial charge in [-0.15, -0.1) is 0 Å². The van der Waals surface area contributed by atoms with E-state index in [1.807, 2.05) is 6.07 Å². The molecule has 1 saturated heterocycles. The van der Waals surface area contributed by atoms with E-state index < -0.39 is 0 Å². The SMILES string of the molecule is CCNC(=NCC(c1ccco1)N1CCCC1)NCCCCN(C)C(C)C. The fourth-order valence-electron chi connectivity index (χ4n) is 3.39. The van der Waals surface area contributed by atoms with Gasteiger partial charge in [-0.3, -0.25) is 9.89 Å². The average Bonchev–Trinajstić information content (AvgIpc) is 3.35. The maximum absolute atomic E-state index is 5.70. The summed E-state index contributed by atoms with van der Waals surface area (Å²) in [5, 5.41) is 6.86. The van der Waals surface area contributed by atoms with E-state index in [0.717, 1.165) is 57.4 Å². The molecule has 1 aromatic rings. The maximum atomic E-state index is 5.70. The number of hydrogen-bond acceptors (Lipinski definition) is 4. The first-order valence-electron chi connectivity index (χ1n) is 10.6. The summed E-state index contributed by atoms with van der Waals surface area (Å²) in [5.41, 5.74) is 0. The van der Waals surface area contributed by atoms with Crippen molar-refractivity contribution in [3.05, 3.63) is 24.2 Å². The topological polar surface area (TPSA) is 56.0 Å². The summed E-state index contributed by atoms with van der Waals surface area (Å²) in [7, 11) is 2.19. The Labute approximate surface area is 165 Å². The molecular weight excluding hydrogens is 338 g/mol. The molecule has 1 aliphatic rings. The molecule has 2 rings (SSSR count). The van der Waals surface area contributed by atoms with Gasteiger partial charge < -0.3 is 20.0 Å². The molecule has 0 spiro atoms. The van der Waals surface area contributed by atoms with Crippen LogP contribution in [-0.4, -0.2) is 68.1 Å². The molecule has 2 N–H and O–H groups in total.